The third kappa shape index (κ3) is 5.13. The summed E-state index contributed by atoms with van der Waals surface area (Å²) in [4.78, 5) is 32.7. The van der Waals surface area contributed by atoms with Crippen LogP contribution in [0.5, 0.6) is 0 Å². The Labute approximate surface area is 213 Å². The number of nitrogens with zero attached hydrogens (tertiary/aromatic N) is 2. The van der Waals surface area contributed by atoms with Crippen molar-refractivity contribution in [2.45, 2.75) is 18.8 Å². The molecule has 1 heterocycles. The first kappa shape index (κ1) is 24.3. The normalized spacial score (nSPS) is 16.4. The van der Waals surface area contributed by atoms with Gasteiger partial charge in [0.1, 0.15) is 0 Å². The molecule has 0 saturated heterocycles. The molecule has 0 saturated carbocycles. The molecule has 2 unspecified atom stereocenters. The van der Waals surface area contributed by atoms with Crippen molar-refractivity contribution in [1.29, 1.82) is 0 Å². The number of hydrogen-bond donors (Lipinski definition) is 3. The van der Waals surface area contributed by atoms with Gasteiger partial charge in [0.2, 0.25) is 12.1 Å². The predicted octanol–water partition coefficient (Wildman–Crippen LogP) is 4.08. The number of benzene rings is 3. The highest BCUT2D eigenvalue weighted by molar-refractivity contribution is 7.80. The minimum Gasteiger partial charge on any atom is -0.325 e. The van der Waals surface area contributed by atoms with E-state index in [2.05, 4.69) is 17.9 Å². The van der Waals surface area contributed by atoms with E-state index in [4.69, 9.17) is 33.9 Å². The molecule has 3 aromatic rings. The first-order chi connectivity index (χ1) is 16.4. The molecule has 2 atom stereocenters. The lowest BCUT2D eigenvalue weighted by Crippen LogP contribution is -2.52. The smallest absolute Gasteiger partial charge is 0.272 e. The quantitative estimate of drug-likeness (QED) is 0.435. The molecule has 0 aliphatic carbocycles. The fourth-order valence-corrected chi connectivity index (χ4v) is 4.19. The summed E-state index contributed by atoms with van der Waals surface area (Å²) in [5, 5.41) is 3.70. The van der Waals surface area contributed by atoms with Gasteiger partial charge in [0.15, 0.2) is 0 Å². The van der Waals surface area contributed by atoms with Crippen molar-refractivity contribution < 1.29 is 9.59 Å². The van der Waals surface area contributed by atoms with Gasteiger partial charge in [0, 0.05) is 26.9 Å². The van der Waals surface area contributed by atoms with Gasteiger partial charge < -0.3 is 16.0 Å². The van der Waals surface area contributed by atoms with Gasteiger partial charge >= 0.3 is 0 Å². The standard InChI is InChI=1S/C25H22Cl2N4O2S/c26-17-10-11-21-18(12-17)22(15-6-2-1-3-7-15)29-23(30-24(32)20(28)14-34)25(33)31(21)13-16-8-4-5-9-19(16)27/h1-12,20,23,34H,13-14,28H2,(H,30,32). The number of rotatable bonds is 6. The van der Waals surface area contributed by atoms with E-state index in [0.29, 0.717) is 27.0 Å². The van der Waals surface area contributed by atoms with Crippen LogP contribution >= 0.6 is 35.8 Å². The summed E-state index contributed by atoms with van der Waals surface area (Å²) in [6, 6.07) is 21.1. The number of hydrogen-bond acceptors (Lipinski definition) is 5. The summed E-state index contributed by atoms with van der Waals surface area (Å²) >= 11 is 16.9. The molecular weight excluding hydrogens is 491 g/mol. The Kier molecular flexibility index (Phi) is 7.58. The van der Waals surface area contributed by atoms with E-state index < -0.39 is 24.0 Å². The minimum absolute atomic E-state index is 0.126. The Morgan fingerprint density at radius 3 is 2.50 bits per heavy atom. The number of thiol groups is 1. The van der Waals surface area contributed by atoms with Crippen LogP contribution in [-0.2, 0) is 16.1 Å². The lowest BCUT2D eigenvalue weighted by Gasteiger charge is -2.26. The zero-order valence-corrected chi connectivity index (χ0v) is 20.4. The summed E-state index contributed by atoms with van der Waals surface area (Å²) in [7, 11) is 0. The molecule has 0 radical (unpaired) electrons. The van der Waals surface area contributed by atoms with E-state index in [0.717, 1.165) is 11.1 Å². The number of aliphatic imine (C=N–C) groups is 1. The first-order valence-corrected chi connectivity index (χ1v) is 11.9. The van der Waals surface area contributed by atoms with Crippen molar-refractivity contribution in [2.75, 3.05) is 10.7 Å². The van der Waals surface area contributed by atoms with Crippen LogP contribution in [0.25, 0.3) is 0 Å². The topological polar surface area (TPSA) is 87.8 Å². The van der Waals surface area contributed by atoms with Crippen molar-refractivity contribution in [3.05, 3.63) is 99.5 Å². The Morgan fingerprint density at radius 1 is 1.09 bits per heavy atom. The Morgan fingerprint density at radius 2 is 1.79 bits per heavy atom. The molecule has 34 heavy (non-hydrogen) atoms. The van der Waals surface area contributed by atoms with E-state index >= 15 is 0 Å². The van der Waals surface area contributed by atoms with E-state index in [1.807, 2.05) is 48.5 Å². The van der Waals surface area contributed by atoms with E-state index in [-0.39, 0.29) is 12.3 Å². The molecule has 6 nitrogen and oxygen atoms in total. The molecule has 4 rings (SSSR count). The maximum atomic E-state index is 13.8. The summed E-state index contributed by atoms with van der Waals surface area (Å²) in [5.74, 6) is -0.818. The predicted molar refractivity (Wildman–Crippen MR) is 140 cm³/mol. The number of fused-ring (bicyclic) bond motifs is 1. The molecule has 9 heteroatoms. The largest absolute Gasteiger partial charge is 0.325 e. The SMILES string of the molecule is NC(CS)C(=O)NC1N=C(c2ccccc2)c2cc(Cl)ccc2N(Cc2ccccc2Cl)C1=O. The number of halogens is 2. The third-order valence-corrected chi connectivity index (χ3v) is 6.41. The van der Waals surface area contributed by atoms with Gasteiger partial charge in [-0.15, -0.1) is 0 Å². The van der Waals surface area contributed by atoms with Crippen LogP contribution in [0.15, 0.2) is 77.8 Å². The van der Waals surface area contributed by atoms with E-state index in [1.165, 1.54) is 0 Å². The number of benzodiazepines with no additional fused rings is 1. The van der Waals surface area contributed by atoms with Gasteiger partial charge in [0.25, 0.3) is 5.91 Å². The Hall–Kier alpha value is -2.84. The lowest BCUT2D eigenvalue weighted by molar-refractivity contribution is -0.127. The zero-order chi connectivity index (χ0) is 24.2. The molecule has 174 valence electrons. The molecule has 0 fully saturated rings. The van der Waals surface area contributed by atoms with Gasteiger partial charge in [-0.05, 0) is 29.8 Å². The van der Waals surface area contributed by atoms with Crippen molar-refractivity contribution in [3.63, 3.8) is 0 Å². The van der Waals surface area contributed by atoms with Crippen molar-refractivity contribution >= 4 is 59.0 Å². The summed E-state index contributed by atoms with van der Waals surface area (Å²) in [6.07, 6.45) is -1.21. The molecule has 3 aromatic carbocycles. The highest BCUT2D eigenvalue weighted by atomic mass is 35.5. The maximum absolute atomic E-state index is 13.8. The summed E-state index contributed by atoms with van der Waals surface area (Å²) in [5.41, 5.74) is 9.16. The number of anilines is 1. The molecule has 0 spiro atoms. The summed E-state index contributed by atoms with van der Waals surface area (Å²) < 4.78 is 0. The average Bonchev–Trinajstić information content (AvgIpc) is 2.95. The number of nitrogens with two attached hydrogens (primary N) is 1. The number of carbonyl (C=O) groups is 2. The number of carbonyl (C=O) groups excluding carboxylic acids is 2. The first-order valence-electron chi connectivity index (χ1n) is 10.5. The fourth-order valence-electron chi connectivity index (χ4n) is 3.66. The van der Waals surface area contributed by atoms with Crippen LogP contribution in [0.2, 0.25) is 10.0 Å². The molecule has 1 aliphatic rings. The van der Waals surface area contributed by atoms with Gasteiger partial charge in [-0.3, -0.25) is 9.59 Å². The molecular formula is C25H22Cl2N4O2S. The van der Waals surface area contributed by atoms with Crippen LogP contribution in [-0.4, -0.2) is 35.5 Å². The summed E-state index contributed by atoms with van der Waals surface area (Å²) in [6.45, 7) is 0.176. The second kappa shape index (κ2) is 10.6. The maximum Gasteiger partial charge on any atom is 0.272 e. The van der Waals surface area contributed by atoms with Crippen LogP contribution in [0.1, 0.15) is 16.7 Å². The van der Waals surface area contributed by atoms with Crippen LogP contribution in [0, 0.1) is 0 Å². The Balaban J connectivity index is 1.88. The van der Waals surface area contributed by atoms with Gasteiger partial charge in [0.05, 0.1) is 24.0 Å². The number of amides is 2. The Bertz CT molecular complexity index is 1250. The van der Waals surface area contributed by atoms with Crippen LogP contribution in [0.4, 0.5) is 5.69 Å². The molecule has 3 N–H and O–H groups in total. The average molecular weight is 513 g/mol. The number of nitrogens with one attached hydrogen (secondary N) is 1. The second-order valence-electron chi connectivity index (χ2n) is 7.72. The van der Waals surface area contributed by atoms with Gasteiger partial charge in [-0.1, -0.05) is 71.7 Å². The molecule has 2 amide bonds. The van der Waals surface area contributed by atoms with Gasteiger partial charge in [-0.25, -0.2) is 4.99 Å². The highest BCUT2D eigenvalue weighted by Gasteiger charge is 2.34. The monoisotopic (exact) mass is 512 g/mol. The van der Waals surface area contributed by atoms with Crippen LogP contribution < -0.4 is 16.0 Å². The molecule has 0 aromatic heterocycles. The third-order valence-electron chi connectivity index (χ3n) is 5.41. The van der Waals surface area contributed by atoms with Gasteiger partial charge in [-0.2, -0.15) is 12.6 Å². The van der Waals surface area contributed by atoms with Crippen molar-refractivity contribution in [1.82, 2.24) is 5.32 Å². The van der Waals surface area contributed by atoms with E-state index in [1.54, 1.807) is 29.2 Å². The lowest BCUT2D eigenvalue weighted by atomic mass is 10.00. The second-order valence-corrected chi connectivity index (χ2v) is 8.93. The highest BCUT2D eigenvalue weighted by Crippen LogP contribution is 2.32. The fraction of sp³-hybridized carbons (Fsp3) is 0.160. The van der Waals surface area contributed by atoms with Crippen molar-refractivity contribution in [3.8, 4) is 0 Å². The molecule has 1 aliphatic heterocycles. The zero-order valence-electron chi connectivity index (χ0n) is 18.0. The van der Waals surface area contributed by atoms with E-state index in [9.17, 15) is 9.59 Å². The van der Waals surface area contributed by atoms with Crippen LogP contribution in [0.3, 0.4) is 0 Å². The van der Waals surface area contributed by atoms with Crippen molar-refractivity contribution in [2.24, 2.45) is 10.7 Å². The molecule has 0 bridgehead atoms. The minimum atomic E-state index is -1.21.